The second kappa shape index (κ2) is 12.5. The van der Waals surface area contributed by atoms with Gasteiger partial charge in [0, 0.05) is 62.3 Å². The number of hydrogen-bond acceptors (Lipinski definition) is 10. The van der Waals surface area contributed by atoms with Crippen molar-refractivity contribution < 1.29 is 19.2 Å². The van der Waals surface area contributed by atoms with Gasteiger partial charge in [0.15, 0.2) is 0 Å². The summed E-state index contributed by atoms with van der Waals surface area (Å²) in [5.74, 6) is -1.37. The maximum Gasteiger partial charge on any atom is 0.262 e. The highest BCUT2D eigenvalue weighted by Gasteiger charge is 2.44. The Morgan fingerprint density at radius 1 is 0.917 bits per heavy atom. The molecule has 13 heteroatoms. The number of carbonyl (C=O) groups excluding carboxylic acids is 4. The fraction of sp³-hybridized carbons (Fsp3) is 0.400. The van der Waals surface area contributed by atoms with Gasteiger partial charge in [-0.15, -0.1) is 0 Å². The zero-order valence-corrected chi connectivity index (χ0v) is 26.5. The van der Waals surface area contributed by atoms with Crippen molar-refractivity contribution >= 4 is 46.0 Å². The quantitative estimate of drug-likeness (QED) is 0.182. The minimum atomic E-state index is -0.963. The predicted molar refractivity (Wildman–Crippen MR) is 178 cm³/mol. The van der Waals surface area contributed by atoms with Gasteiger partial charge in [-0.1, -0.05) is 0 Å². The monoisotopic (exact) mass is 647 g/mol. The van der Waals surface area contributed by atoms with E-state index in [1.807, 2.05) is 12.4 Å². The maximum absolute atomic E-state index is 13.1. The first-order chi connectivity index (χ1) is 23.4. The van der Waals surface area contributed by atoms with Gasteiger partial charge in [-0.25, -0.2) is 4.98 Å². The van der Waals surface area contributed by atoms with Crippen LogP contribution in [0, 0.1) is 5.92 Å². The van der Waals surface area contributed by atoms with Crippen molar-refractivity contribution in [3.63, 3.8) is 0 Å². The van der Waals surface area contributed by atoms with Crippen molar-refractivity contribution in [3.05, 3.63) is 66.1 Å². The summed E-state index contributed by atoms with van der Waals surface area (Å²) in [6, 6.07) is 10.8. The summed E-state index contributed by atoms with van der Waals surface area (Å²) < 4.78 is 2.06. The molecule has 0 bridgehead atoms. The molecule has 1 atom stereocenters. The number of carbonyl (C=O) groups is 4. The molecule has 0 radical (unpaired) electrons. The molecule has 4 aromatic rings. The summed E-state index contributed by atoms with van der Waals surface area (Å²) in [5, 5.41) is 13.6. The molecule has 0 spiro atoms. The molecule has 4 amide bonds. The van der Waals surface area contributed by atoms with E-state index in [9.17, 15) is 19.2 Å². The van der Waals surface area contributed by atoms with Crippen molar-refractivity contribution in [2.75, 3.05) is 42.9 Å². The molecule has 2 aromatic carbocycles. The Morgan fingerprint density at radius 2 is 1.75 bits per heavy atom. The first-order valence-electron chi connectivity index (χ1n) is 16.8. The fourth-order valence-corrected chi connectivity index (χ4v) is 7.28. The van der Waals surface area contributed by atoms with E-state index in [0.717, 1.165) is 91.3 Å². The summed E-state index contributed by atoms with van der Waals surface area (Å²) in [6.45, 7) is 4.71. The molecule has 8 rings (SSSR count). The second-order valence-electron chi connectivity index (χ2n) is 13.1. The van der Waals surface area contributed by atoms with E-state index in [1.54, 1.807) is 18.2 Å². The van der Waals surface area contributed by atoms with E-state index >= 15 is 0 Å². The molecule has 246 valence electrons. The van der Waals surface area contributed by atoms with E-state index in [0.29, 0.717) is 12.0 Å². The number of anilines is 2. The number of aromatic nitrogens is 4. The molecular weight excluding hydrogens is 610 g/mol. The Kier molecular flexibility index (Phi) is 7.83. The van der Waals surface area contributed by atoms with Crippen LogP contribution in [0.3, 0.4) is 0 Å². The smallest absolute Gasteiger partial charge is 0.262 e. The van der Waals surface area contributed by atoms with Gasteiger partial charge in [-0.3, -0.25) is 39.1 Å². The Morgan fingerprint density at radius 3 is 2.58 bits per heavy atom. The van der Waals surface area contributed by atoms with Gasteiger partial charge >= 0.3 is 0 Å². The van der Waals surface area contributed by atoms with Crippen LogP contribution in [0.4, 0.5) is 11.4 Å². The molecule has 5 heterocycles. The van der Waals surface area contributed by atoms with Gasteiger partial charge in [-0.2, -0.15) is 5.10 Å². The average molecular weight is 648 g/mol. The number of piperidine rings is 1. The average Bonchev–Trinajstić information content (AvgIpc) is 3.66. The minimum Gasteiger partial charge on any atom is -0.385 e. The molecule has 13 nitrogen and oxygen atoms in total. The highest BCUT2D eigenvalue weighted by molar-refractivity contribution is 6.23. The number of amides is 4. The molecule has 3 fully saturated rings. The minimum absolute atomic E-state index is 0.0976. The van der Waals surface area contributed by atoms with E-state index in [1.165, 1.54) is 5.69 Å². The van der Waals surface area contributed by atoms with Gasteiger partial charge in [0.1, 0.15) is 6.04 Å². The zero-order chi connectivity index (χ0) is 32.8. The van der Waals surface area contributed by atoms with Crippen molar-refractivity contribution in [3.8, 4) is 11.3 Å². The highest BCUT2D eigenvalue weighted by Crippen LogP contribution is 2.40. The lowest BCUT2D eigenvalue weighted by Crippen LogP contribution is -2.54. The van der Waals surface area contributed by atoms with E-state index in [4.69, 9.17) is 9.97 Å². The van der Waals surface area contributed by atoms with Crippen molar-refractivity contribution in [1.82, 2.24) is 35.3 Å². The molecule has 3 aliphatic heterocycles. The molecule has 2 aromatic heterocycles. The van der Waals surface area contributed by atoms with Gasteiger partial charge in [0.05, 0.1) is 46.3 Å². The largest absolute Gasteiger partial charge is 0.385 e. The number of hydrogen-bond donors (Lipinski definition) is 3. The van der Waals surface area contributed by atoms with Crippen molar-refractivity contribution in [2.24, 2.45) is 5.92 Å². The maximum atomic E-state index is 13.1. The molecular formula is C35H37N9O4. The molecule has 3 N–H and O–H groups in total. The second-order valence-corrected chi connectivity index (χ2v) is 13.1. The lowest BCUT2D eigenvalue weighted by Gasteiger charge is -2.35. The van der Waals surface area contributed by atoms with Crippen LogP contribution in [0.2, 0.25) is 0 Å². The van der Waals surface area contributed by atoms with Crippen LogP contribution in [-0.2, 0) is 9.59 Å². The fourth-order valence-electron chi connectivity index (χ4n) is 7.28. The lowest BCUT2D eigenvalue weighted by molar-refractivity contribution is -0.136. The number of fused-ring (bicyclic) bond motifs is 2. The van der Waals surface area contributed by atoms with Crippen LogP contribution in [-0.4, -0.2) is 87.0 Å². The number of rotatable bonds is 9. The summed E-state index contributed by atoms with van der Waals surface area (Å²) in [5.41, 5.74) is 6.08. The van der Waals surface area contributed by atoms with Crippen LogP contribution >= 0.6 is 0 Å². The third-order valence-corrected chi connectivity index (χ3v) is 10.0. The Balaban J connectivity index is 0.809. The molecule has 4 aliphatic rings. The van der Waals surface area contributed by atoms with Crippen LogP contribution in [0.1, 0.15) is 65.3 Å². The number of imide groups is 2. The Labute approximate surface area is 277 Å². The zero-order valence-electron chi connectivity index (χ0n) is 26.5. The Hall–Kier alpha value is -5.17. The SMILES string of the molecule is O=C1CCC(N2C(=O)c3ccc(NCCCC4CC(n5cc(-c6cnc7cc(N8CCNCC8)ccc7n6)cn5)C4)cc3C2=O)C(=O)N1. The van der Waals surface area contributed by atoms with E-state index in [-0.39, 0.29) is 29.9 Å². The van der Waals surface area contributed by atoms with Gasteiger partial charge < -0.3 is 15.5 Å². The predicted octanol–water partition coefficient (Wildman–Crippen LogP) is 3.15. The summed E-state index contributed by atoms with van der Waals surface area (Å²) >= 11 is 0. The van der Waals surface area contributed by atoms with Crippen LogP contribution in [0.5, 0.6) is 0 Å². The topological polar surface area (TPSA) is 154 Å². The van der Waals surface area contributed by atoms with E-state index < -0.39 is 23.8 Å². The molecule has 48 heavy (non-hydrogen) atoms. The summed E-state index contributed by atoms with van der Waals surface area (Å²) in [7, 11) is 0. The first-order valence-corrected chi connectivity index (χ1v) is 16.8. The third-order valence-electron chi connectivity index (χ3n) is 10.0. The van der Waals surface area contributed by atoms with E-state index in [2.05, 4.69) is 55.0 Å². The lowest BCUT2D eigenvalue weighted by atomic mass is 9.77. The molecule has 1 aliphatic carbocycles. The first kappa shape index (κ1) is 30.2. The normalized spacial score (nSPS) is 22.5. The standard InChI is InChI=1S/C35H37N9O4/c45-32-8-7-31(33(46)41-32)44-34(47)26-5-3-23(16-27(26)35(44)48)37-9-1-2-21-14-25(15-21)43-20-22(18-39-43)30-19-38-29-17-24(4-6-28(29)40-30)42-12-10-36-11-13-42/h3-6,16-21,25,31,36-37H,1-2,7-15H2,(H,41,45,46). The van der Waals surface area contributed by atoms with Gasteiger partial charge in [-0.05, 0) is 74.4 Å². The molecule has 1 saturated carbocycles. The van der Waals surface area contributed by atoms with Crippen LogP contribution < -0.4 is 20.9 Å². The van der Waals surface area contributed by atoms with Crippen LogP contribution in [0.25, 0.3) is 22.3 Å². The van der Waals surface area contributed by atoms with Crippen LogP contribution in [0.15, 0.2) is 55.0 Å². The van der Waals surface area contributed by atoms with Crippen molar-refractivity contribution in [2.45, 2.75) is 50.6 Å². The van der Waals surface area contributed by atoms with Gasteiger partial charge in [0.25, 0.3) is 11.8 Å². The number of nitrogens with zero attached hydrogens (tertiary/aromatic N) is 6. The van der Waals surface area contributed by atoms with Gasteiger partial charge in [0.2, 0.25) is 11.8 Å². The molecule has 1 unspecified atom stereocenters. The number of nitrogens with one attached hydrogen (secondary N) is 3. The summed E-state index contributed by atoms with van der Waals surface area (Å²) in [4.78, 5) is 62.8. The number of benzene rings is 2. The third kappa shape index (κ3) is 5.68. The highest BCUT2D eigenvalue weighted by atomic mass is 16.2. The Bertz CT molecular complexity index is 1930. The molecule has 2 saturated heterocycles. The number of piperazine rings is 1. The van der Waals surface area contributed by atoms with Crippen molar-refractivity contribution in [1.29, 1.82) is 0 Å². The summed E-state index contributed by atoms with van der Waals surface area (Å²) in [6.07, 6.45) is 10.2.